The molecule has 1 aromatic heterocycles. The molecular formula is C32H24FN3O5S2. The molecule has 1 aliphatic heterocycles. The van der Waals surface area contributed by atoms with Crippen LogP contribution in [0.1, 0.15) is 22.7 Å². The van der Waals surface area contributed by atoms with Gasteiger partial charge in [0.15, 0.2) is 15.8 Å². The van der Waals surface area contributed by atoms with Crippen molar-refractivity contribution in [2.75, 3.05) is 19.1 Å². The number of fused-ring (bicyclic) bond motifs is 1. The number of carbonyl (C=O) groups excluding carboxylic acids is 2. The first-order valence-corrected chi connectivity index (χ1v) is 14.9. The molecule has 1 saturated heterocycles. The number of anilines is 1. The van der Waals surface area contributed by atoms with Crippen LogP contribution in [0.5, 0.6) is 11.5 Å². The Balaban J connectivity index is 1.39. The van der Waals surface area contributed by atoms with Crippen LogP contribution in [-0.2, 0) is 15.3 Å². The molecule has 1 fully saturated rings. The Morgan fingerprint density at radius 1 is 0.953 bits per heavy atom. The largest absolute Gasteiger partial charge is 0.507 e. The number of aromatic nitrogens is 2. The summed E-state index contributed by atoms with van der Waals surface area (Å²) < 4.78 is 26.4. The van der Waals surface area contributed by atoms with Gasteiger partial charge in [-0.15, -0.1) is 10.2 Å². The summed E-state index contributed by atoms with van der Waals surface area (Å²) in [4.78, 5) is 28.1. The smallest absolute Gasteiger partial charge is 0.301 e. The molecular weight excluding hydrogens is 590 g/mol. The van der Waals surface area contributed by atoms with Gasteiger partial charge in [0.2, 0.25) is 5.13 Å². The zero-order valence-electron chi connectivity index (χ0n) is 23.0. The van der Waals surface area contributed by atoms with Crippen molar-refractivity contribution < 1.29 is 28.6 Å². The molecule has 1 atom stereocenters. The summed E-state index contributed by atoms with van der Waals surface area (Å²) >= 11 is 2.56. The van der Waals surface area contributed by atoms with Gasteiger partial charge in [-0.3, -0.25) is 14.5 Å². The molecule has 0 unspecified atom stereocenters. The first-order chi connectivity index (χ1) is 20.9. The molecule has 216 valence electrons. The third-order valence-electron chi connectivity index (χ3n) is 7.13. The summed E-state index contributed by atoms with van der Waals surface area (Å²) in [6.45, 7) is 0. The van der Waals surface area contributed by atoms with Crippen molar-refractivity contribution in [2.45, 2.75) is 16.1 Å². The minimum atomic E-state index is -1.28. The van der Waals surface area contributed by atoms with Gasteiger partial charge in [-0.25, -0.2) is 4.39 Å². The van der Waals surface area contributed by atoms with Crippen molar-refractivity contribution in [2.24, 2.45) is 0 Å². The summed E-state index contributed by atoms with van der Waals surface area (Å²) in [5.41, 5.74) is 1.06. The van der Waals surface area contributed by atoms with Crippen LogP contribution in [0.25, 0.3) is 16.5 Å². The van der Waals surface area contributed by atoms with Gasteiger partial charge in [0.25, 0.3) is 5.78 Å². The SMILES string of the molecule is COc1ccc(C(O)=C2C(=O)C(=O)N(c3nnc(SCc4cccc5ccccc45)s3)[C@H]2c2ccccc2F)cc1OC. The number of nitrogens with zero attached hydrogens (tertiary/aromatic N) is 3. The fraction of sp³-hybridized carbons (Fsp3) is 0.125. The highest BCUT2D eigenvalue weighted by Gasteiger charge is 2.49. The highest BCUT2D eigenvalue weighted by Crippen LogP contribution is 2.45. The Morgan fingerprint density at radius 3 is 2.49 bits per heavy atom. The predicted molar refractivity (Wildman–Crippen MR) is 164 cm³/mol. The van der Waals surface area contributed by atoms with Gasteiger partial charge in [0.05, 0.1) is 19.8 Å². The number of rotatable bonds is 8. The van der Waals surface area contributed by atoms with Crippen LogP contribution in [0.2, 0.25) is 0 Å². The van der Waals surface area contributed by atoms with Gasteiger partial charge in [0, 0.05) is 16.9 Å². The molecule has 0 bridgehead atoms. The molecule has 8 nitrogen and oxygen atoms in total. The first-order valence-electron chi connectivity index (χ1n) is 13.1. The molecule has 6 rings (SSSR count). The second kappa shape index (κ2) is 11.9. The number of methoxy groups -OCH3 is 2. The van der Waals surface area contributed by atoms with E-state index in [4.69, 9.17) is 9.47 Å². The number of thioether (sulfide) groups is 1. The third-order valence-corrected chi connectivity index (χ3v) is 9.24. The molecule has 43 heavy (non-hydrogen) atoms. The van der Waals surface area contributed by atoms with Crippen molar-refractivity contribution >= 4 is 56.5 Å². The quantitative estimate of drug-likeness (QED) is 0.0673. The lowest BCUT2D eigenvalue weighted by atomic mass is 9.95. The van der Waals surface area contributed by atoms with Crippen LogP contribution in [0.4, 0.5) is 9.52 Å². The normalized spacial score (nSPS) is 16.2. The standard InChI is InChI=1S/C32H24FN3O5S2/c1-40-24-15-14-19(16-25(24)41-2)28(37)26-27(22-12-5-6-13-23(22)33)36(30(39)29(26)38)31-34-35-32(43-31)42-17-20-10-7-9-18-8-3-4-11-21(18)20/h3-16,27,37H,17H2,1-2H3/t27-/m0/s1. The van der Waals surface area contributed by atoms with Crippen LogP contribution in [0.15, 0.2) is 94.8 Å². The molecule has 0 aliphatic carbocycles. The van der Waals surface area contributed by atoms with Gasteiger partial charge in [-0.2, -0.15) is 0 Å². The maximum Gasteiger partial charge on any atom is 0.301 e. The maximum atomic E-state index is 15.3. The fourth-order valence-corrected chi connectivity index (χ4v) is 6.95. The van der Waals surface area contributed by atoms with E-state index in [0.29, 0.717) is 21.6 Å². The number of ether oxygens (including phenoxy) is 2. The van der Waals surface area contributed by atoms with Crippen LogP contribution in [0.3, 0.4) is 0 Å². The van der Waals surface area contributed by atoms with E-state index in [-0.39, 0.29) is 21.8 Å². The van der Waals surface area contributed by atoms with Crippen molar-refractivity contribution in [1.29, 1.82) is 0 Å². The second-order valence-electron chi connectivity index (χ2n) is 9.54. The zero-order chi connectivity index (χ0) is 30.1. The van der Waals surface area contributed by atoms with Crippen molar-refractivity contribution in [1.82, 2.24) is 10.2 Å². The van der Waals surface area contributed by atoms with Crippen molar-refractivity contribution in [3.8, 4) is 11.5 Å². The average Bonchev–Trinajstić information content (AvgIpc) is 3.61. The van der Waals surface area contributed by atoms with E-state index in [1.54, 1.807) is 12.1 Å². The lowest BCUT2D eigenvalue weighted by molar-refractivity contribution is -0.132. The summed E-state index contributed by atoms with van der Waals surface area (Å²) in [6, 6.07) is 23.3. The Hall–Kier alpha value is -4.74. The Kier molecular flexibility index (Phi) is 7.83. The van der Waals surface area contributed by atoms with E-state index < -0.39 is 29.3 Å². The number of Topliss-reactive ketones (excluding diaryl/α,β-unsaturated/α-hetero) is 1. The molecule has 5 aromatic rings. The monoisotopic (exact) mass is 613 g/mol. The zero-order valence-corrected chi connectivity index (χ0v) is 24.6. The molecule has 4 aromatic carbocycles. The fourth-order valence-electron chi connectivity index (χ4n) is 5.08. The van der Waals surface area contributed by atoms with Crippen LogP contribution >= 0.6 is 23.1 Å². The van der Waals surface area contributed by atoms with E-state index >= 15 is 4.39 Å². The summed E-state index contributed by atoms with van der Waals surface area (Å²) in [5.74, 6) is -1.73. The Bertz CT molecular complexity index is 1900. The van der Waals surface area contributed by atoms with Crippen molar-refractivity contribution in [3.05, 3.63) is 113 Å². The molecule has 1 aliphatic rings. The van der Waals surface area contributed by atoms with Gasteiger partial charge in [-0.05, 0) is 40.6 Å². The molecule has 2 heterocycles. The second-order valence-corrected chi connectivity index (χ2v) is 11.7. The van der Waals surface area contributed by atoms with Crippen LogP contribution in [0, 0.1) is 5.82 Å². The lowest BCUT2D eigenvalue weighted by Crippen LogP contribution is -2.29. The van der Waals surface area contributed by atoms with E-state index in [2.05, 4.69) is 16.3 Å². The number of amides is 1. The van der Waals surface area contributed by atoms with E-state index in [1.807, 2.05) is 36.4 Å². The summed E-state index contributed by atoms with van der Waals surface area (Å²) in [6.07, 6.45) is 0. The topological polar surface area (TPSA) is 102 Å². The summed E-state index contributed by atoms with van der Waals surface area (Å²) in [7, 11) is 2.91. The average molecular weight is 614 g/mol. The van der Waals surface area contributed by atoms with Crippen molar-refractivity contribution in [3.63, 3.8) is 0 Å². The number of hydrogen-bond donors (Lipinski definition) is 1. The number of aliphatic hydroxyl groups is 1. The molecule has 1 amide bonds. The number of carbonyl (C=O) groups is 2. The first kappa shape index (κ1) is 28.4. The highest BCUT2D eigenvalue weighted by atomic mass is 32.2. The molecule has 0 saturated carbocycles. The molecule has 0 spiro atoms. The van der Waals surface area contributed by atoms with Gasteiger partial charge >= 0.3 is 5.91 Å². The van der Waals surface area contributed by atoms with Gasteiger partial charge < -0.3 is 14.6 Å². The Morgan fingerprint density at radius 2 is 1.70 bits per heavy atom. The summed E-state index contributed by atoms with van der Waals surface area (Å²) in [5, 5.41) is 22.2. The highest BCUT2D eigenvalue weighted by molar-refractivity contribution is 8.00. The van der Waals surface area contributed by atoms with Gasteiger partial charge in [0.1, 0.15) is 17.6 Å². The number of ketones is 1. The van der Waals surface area contributed by atoms with E-state index in [1.165, 1.54) is 56.3 Å². The van der Waals surface area contributed by atoms with E-state index in [0.717, 1.165) is 32.6 Å². The Labute approximate surface area is 254 Å². The minimum Gasteiger partial charge on any atom is -0.507 e. The molecule has 11 heteroatoms. The molecule has 0 radical (unpaired) electrons. The number of halogens is 1. The maximum absolute atomic E-state index is 15.3. The van der Waals surface area contributed by atoms with Crippen LogP contribution in [-0.4, -0.2) is 41.2 Å². The van der Waals surface area contributed by atoms with Gasteiger partial charge in [-0.1, -0.05) is 83.8 Å². The third kappa shape index (κ3) is 5.21. The minimum absolute atomic E-state index is 0.0314. The number of benzene rings is 4. The number of hydrogen-bond acceptors (Lipinski definition) is 9. The lowest BCUT2D eigenvalue weighted by Gasteiger charge is -2.23. The predicted octanol–water partition coefficient (Wildman–Crippen LogP) is 6.77. The molecule has 1 N–H and O–H groups in total. The number of aliphatic hydroxyl groups excluding tert-OH is 1. The van der Waals surface area contributed by atoms with Crippen LogP contribution < -0.4 is 14.4 Å². The van der Waals surface area contributed by atoms with E-state index in [9.17, 15) is 14.7 Å².